The number of fused-ring (bicyclic) bond motifs is 1. The molecule has 2 heterocycles. The summed E-state index contributed by atoms with van der Waals surface area (Å²) < 4.78 is 6.20. The quantitative estimate of drug-likeness (QED) is 0.910. The van der Waals surface area contributed by atoms with Crippen molar-refractivity contribution in [2.45, 2.75) is 44.6 Å². The molecule has 1 unspecified atom stereocenters. The van der Waals surface area contributed by atoms with Crippen molar-refractivity contribution in [3.05, 3.63) is 22.7 Å². The van der Waals surface area contributed by atoms with Gasteiger partial charge in [-0.1, -0.05) is 24.4 Å². The summed E-state index contributed by atoms with van der Waals surface area (Å²) in [5, 5.41) is 4.17. The van der Waals surface area contributed by atoms with Crippen LogP contribution in [0.1, 0.15) is 44.1 Å². The second-order valence-electron chi connectivity index (χ2n) is 6.57. The number of oxazole rings is 1. The van der Waals surface area contributed by atoms with E-state index in [0.717, 1.165) is 41.8 Å². The summed E-state index contributed by atoms with van der Waals surface area (Å²) in [4.78, 5) is 6.98. The van der Waals surface area contributed by atoms with Crippen LogP contribution in [-0.2, 0) is 0 Å². The lowest BCUT2D eigenvalue weighted by Crippen LogP contribution is -2.50. The van der Waals surface area contributed by atoms with Gasteiger partial charge in [-0.3, -0.25) is 0 Å². The standard InChI is InChI=1S/C17H22ClN3O/c1-11-10-19-6-7-21(11)17-20-15-9-13(18)8-14(16(15)22-17)12-4-2-3-5-12/h8-9,11-12,19H,2-7,10H2,1H3. The summed E-state index contributed by atoms with van der Waals surface area (Å²) in [6.07, 6.45) is 5.06. The van der Waals surface area contributed by atoms with Gasteiger partial charge >= 0.3 is 0 Å². The molecule has 5 heteroatoms. The van der Waals surface area contributed by atoms with Crippen LogP contribution < -0.4 is 10.2 Å². The van der Waals surface area contributed by atoms with Crippen LogP contribution in [0.15, 0.2) is 16.5 Å². The van der Waals surface area contributed by atoms with Crippen molar-refractivity contribution in [1.82, 2.24) is 10.3 Å². The Morgan fingerprint density at radius 3 is 2.91 bits per heavy atom. The second-order valence-corrected chi connectivity index (χ2v) is 7.00. The summed E-state index contributed by atoms with van der Waals surface area (Å²) >= 11 is 6.32. The molecule has 2 aromatic rings. The number of nitrogens with zero attached hydrogens (tertiary/aromatic N) is 2. The van der Waals surface area contributed by atoms with Crippen molar-refractivity contribution in [3.63, 3.8) is 0 Å². The van der Waals surface area contributed by atoms with Gasteiger partial charge in [0.25, 0.3) is 6.01 Å². The Hall–Kier alpha value is -1.26. The maximum Gasteiger partial charge on any atom is 0.298 e. The lowest BCUT2D eigenvalue weighted by atomic mass is 9.97. The minimum absolute atomic E-state index is 0.396. The fourth-order valence-corrected chi connectivity index (χ4v) is 4.02. The summed E-state index contributed by atoms with van der Waals surface area (Å²) in [7, 11) is 0. The monoisotopic (exact) mass is 319 g/mol. The Morgan fingerprint density at radius 2 is 2.14 bits per heavy atom. The molecular weight excluding hydrogens is 298 g/mol. The highest BCUT2D eigenvalue weighted by Crippen LogP contribution is 2.40. The van der Waals surface area contributed by atoms with E-state index in [1.54, 1.807) is 0 Å². The molecule has 1 N–H and O–H groups in total. The van der Waals surface area contributed by atoms with E-state index in [9.17, 15) is 0 Å². The Balaban J connectivity index is 1.77. The molecule has 1 saturated heterocycles. The molecule has 118 valence electrons. The van der Waals surface area contributed by atoms with Gasteiger partial charge in [-0.15, -0.1) is 0 Å². The summed E-state index contributed by atoms with van der Waals surface area (Å²) in [5.41, 5.74) is 3.09. The van der Waals surface area contributed by atoms with E-state index in [0.29, 0.717) is 12.0 Å². The maximum absolute atomic E-state index is 6.32. The number of nitrogens with one attached hydrogen (secondary N) is 1. The van der Waals surface area contributed by atoms with E-state index >= 15 is 0 Å². The third-order valence-corrected chi connectivity index (χ3v) is 5.23. The number of hydrogen-bond acceptors (Lipinski definition) is 4. The predicted octanol–water partition coefficient (Wildman–Crippen LogP) is 3.94. The first-order valence-electron chi connectivity index (χ1n) is 8.30. The molecule has 1 aliphatic carbocycles. The fourth-order valence-electron chi connectivity index (χ4n) is 3.80. The molecule has 1 aromatic carbocycles. The Kier molecular flexibility index (Phi) is 3.74. The van der Waals surface area contributed by atoms with Gasteiger partial charge in [0, 0.05) is 36.3 Å². The number of piperazine rings is 1. The molecule has 2 aliphatic rings. The number of halogens is 1. The normalized spacial score (nSPS) is 23.5. The van der Waals surface area contributed by atoms with Crippen LogP contribution in [-0.4, -0.2) is 30.7 Å². The molecule has 22 heavy (non-hydrogen) atoms. The molecule has 1 aliphatic heterocycles. The third kappa shape index (κ3) is 2.48. The van der Waals surface area contributed by atoms with E-state index in [1.807, 2.05) is 6.07 Å². The topological polar surface area (TPSA) is 41.3 Å². The SMILES string of the molecule is CC1CNCCN1c1nc2cc(Cl)cc(C3CCCC3)c2o1. The molecule has 4 rings (SSSR count). The van der Waals surface area contributed by atoms with E-state index in [4.69, 9.17) is 21.0 Å². The first-order chi connectivity index (χ1) is 10.7. The molecule has 1 atom stereocenters. The summed E-state index contributed by atoms with van der Waals surface area (Å²) in [6, 6.07) is 5.14. The average molecular weight is 320 g/mol. The van der Waals surface area contributed by atoms with Gasteiger partial charge in [0.1, 0.15) is 5.52 Å². The zero-order chi connectivity index (χ0) is 15.1. The molecule has 0 radical (unpaired) electrons. The summed E-state index contributed by atoms with van der Waals surface area (Å²) in [5.74, 6) is 0.572. The molecule has 0 spiro atoms. The van der Waals surface area contributed by atoms with Gasteiger partial charge in [0.2, 0.25) is 0 Å². The van der Waals surface area contributed by atoms with E-state index in [2.05, 4.69) is 23.2 Å². The molecular formula is C17H22ClN3O. The number of benzene rings is 1. The first kappa shape index (κ1) is 14.3. The number of aromatic nitrogens is 1. The van der Waals surface area contributed by atoms with Gasteiger partial charge in [-0.2, -0.15) is 4.98 Å². The van der Waals surface area contributed by atoms with Crippen molar-refractivity contribution >= 4 is 28.7 Å². The molecule has 2 fully saturated rings. The van der Waals surface area contributed by atoms with Crippen molar-refractivity contribution in [2.75, 3.05) is 24.5 Å². The van der Waals surface area contributed by atoms with Crippen molar-refractivity contribution in [3.8, 4) is 0 Å². The average Bonchev–Trinajstić information content (AvgIpc) is 3.15. The van der Waals surface area contributed by atoms with Gasteiger partial charge in [0.15, 0.2) is 5.58 Å². The lowest BCUT2D eigenvalue weighted by Gasteiger charge is -2.32. The lowest BCUT2D eigenvalue weighted by molar-refractivity contribution is 0.455. The second kappa shape index (κ2) is 5.74. The van der Waals surface area contributed by atoms with Crippen LogP contribution in [0.3, 0.4) is 0 Å². The fraction of sp³-hybridized carbons (Fsp3) is 0.588. The zero-order valence-electron chi connectivity index (χ0n) is 12.9. The van der Waals surface area contributed by atoms with E-state index < -0.39 is 0 Å². The highest BCUT2D eigenvalue weighted by atomic mass is 35.5. The molecule has 0 bridgehead atoms. The van der Waals surface area contributed by atoms with Crippen molar-refractivity contribution in [2.24, 2.45) is 0 Å². The highest BCUT2D eigenvalue weighted by molar-refractivity contribution is 6.31. The van der Waals surface area contributed by atoms with Crippen LogP contribution >= 0.6 is 11.6 Å². The van der Waals surface area contributed by atoms with Crippen LogP contribution in [0.2, 0.25) is 5.02 Å². The van der Waals surface area contributed by atoms with E-state index in [1.165, 1.54) is 31.2 Å². The third-order valence-electron chi connectivity index (χ3n) is 5.01. The Bertz CT molecular complexity index is 678. The molecule has 0 amide bonds. The van der Waals surface area contributed by atoms with Gasteiger partial charge in [0.05, 0.1) is 0 Å². The maximum atomic E-state index is 6.32. The molecule has 1 aromatic heterocycles. The number of anilines is 1. The molecule has 1 saturated carbocycles. The number of hydrogen-bond donors (Lipinski definition) is 1. The zero-order valence-corrected chi connectivity index (χ0v) is 13.7. The smallest absolute Gasteiger partial charge is 0.298 e. The summed E-state index contributed by atoms with van der Waals surface area (Å²) in [6.45, 7) is 5.07. The Labute approximate surface area is 135 Å². The predicted molar refractivity (Wildman–Crippen MR) is 89.9 cm³/mol. The highest BCUT2D eigenvalue weighted by Gasteiger charge is 2.26. The number of rotatable bonds is 2. The van der Waals surface area contributed by atoms with Gasteiger partial charge in [-0.25, -0.2) is 0 Å². The van der Waals surface area contributed by atoms with Crippen LogP contribution in [0.5, 0.6) is 0 Å². The van der Waals surface area contributed by atoms with Crippen LogP contribution in [0.25, 0.3) is 11.1 Å². The molecule has 4 nitrogen and oxygen atoms in total. The van der Waals surface area contributed by atoms with Crippen molar-refractivity contribution in [1.29, 1.82) is 0 Å². The van der Waals surface area contributed by atoms with Gasteiger partial charge < -0.3 is 14.6 Å². The minimum Gasteiger partial charge on any atom is -0.423 e. The largest absolute Gasteiger partial charge is 0.423 e. The van der Waals surface area contributed by atoms with Gasteiger partial charge in [-0.05, 0) is 37.8 Å². The Morgan fingerprint density at radius 1 is 1.32 bits per heavy atom. The van der Waals surface area contributed by atoms with Crippen LogP contribution in [0, 0.1) is 0 Å². The minimum atomic E-state index is 0.396. The first-order valence-corrected chi connectivity index (χ1v) is 8.67. The van der Waals surface area contributed by atoms with E-state index in [-0.39, 0.29) is 0 Å². The van der Waals surface area contributed by atoms with Crippen molar-refractivity contribution < 1.29 is 4.42 Å². The van der Waals surface area contributed by atoms with Crippen LogP contribution in [0.4, 0.5) is 6.01 Å².